The van der Waals surface area contributed by atoms with Gasteiger partial charge in [-0.15, -0.1) is 0 Å². The van der Waals surface area contributed by atoms with Crippen LogP contribution in [0.3, 0.4) is 0 Å². The predicted octanol–water partition coefficient (Wildman–Crippen LogP) is 2.87. The molecule has 1 aromatic heterocycles. The molecule has 31 heavy (non-hydrogen) atoms. The number of hydrogen-bond donors (Lipinski definition) is 1. The van der Waals surface area contributed by atoms with Gasteiger partial charge in [-0.3, -0.25) is 14.6 Å². The summed E-state index contributed by atoms with van der Waals surface area (Å²) >= 11 is 1.34. The third kappa shape index (κ3) is 3.16. The van der Waals surface area contributed by atoms with Crippen LogP contribution in [0.4, 0.5) is 5.69 Å². The second-order valence-electron chi connectivity index (χ2n) is 7.27. The van der Waals surface area contributed by atoms with Crippen LogP contribution in [-0.2, 0) is 4.79 Å². The van der Waals surface area contributed by atoms with Crippen molar-refractivity contribution in [3.05, 3.63) is 58.4 Å². The molecule has 9 heteroatoms. The van der Waals surface area contributed by atoms with E-state index in [1.54, 1.807) is 9.58 Å². The fraction of sp³-hybridized carbons (Fsp3) is 0.273. The van der Waals surface area contributed by atoms with E-state index in [4.69, 9.17) is 14.6 Å². The van der Waals surface area contributed by atoms with Crippen LogP contribution in [0.15, 0.2) is 52.4 Å². The van der Waals surface area contributed by atoms with Gasteiger partial charge >= 0.3 is 11.3 Å². The molecular weight excluding hydrogens is 416 g/mol. The van der Waals surface area contributed by atoms with Crippen molar-refractivity contribution in [3.63, 3.8) is 0 Å². The molecule has 0 saturated heterocycles. The quantitative estimate of drug-likeness (QED) is 0.499. The van der Waals surface area contributed by atoms with Crippen molar-refractivity contribution in [2.45, 2.75) is 31.1 Å². The van der Waals surface area contributed by atoms with E-state index in [-0.39, 0.29) is 18.3 Å². The number of anilines is 1. The third-order valence-corrected chi connectivity index (χ3v) is 5.95. The van der Waals surface area contributed by atoms with Gasteiger partial charge in [0.1, 0.15) is 0 Å². The molecule has 2 aliphatic rings. The Bertz CT molecular complexity index is 1240. The minimum Gasteiger partial charge on any atom is -0.454 e. The molecule has 8 nitrogen and oxygen atoms in total. The molecule has 0 bridgehead atoms. The summed E-state index contributed by atoms with van der Waals surface area (Å²) in [4.78, 5) is 31.0. The number of carbonyl (C=O) groups excluding carboxylic acids is 1. The first-order valence-corrected chi connectivity index (χ1v) is 11.3. The number of benzene rings is 2. The number of nitrogens with one attached hydrogen (secondary N) is 1. The van der Waals surface area contributed by atoms with Crippen LogP contribution in [0.1, 0.15) is 31.5 Å². The van der Waals surface area contributed by atoms with Gasteiger partial charge in [-0.05, 0) is 47.7 Å². The monoisotopic (exact) mass is 437 g/mol. The Kier molecular flexibility index (Phi) is 4.90. The summed E-state index contributed by atoms with van der Waals surface area (Å²) in [5.41, 5.74) is 2.30. The first kappa shape index (κ1) is 19.6. The van der Waals surface area contributed by atoms with Gasteiger partial charge in [0.2, 0.25) is 17.9 Å². The number of carbonyl (C=O) groups is 1. The minimum absolute atomic E-state index is 0.0384. The molecule has 0 spiro atoms. The second-order valence-corrected chi connectivity index (χ2v) is 8.07. The highest BCUT2D eigenvalue weighted by atomic mass is 32.2. The largest absolute Gasteiger partial charge is 0.454 e. The van der Waals surface area contributed by atoms with Gasteiger partial charge in [0.05, 0.1) is 11.3 Å². The van der Waals surface area contributed by atoms with E-state index >= 15 is 0 Å². The van der Waals surface area contributed by atoms with Crippen molar-refractivity contribution in [1.82, 2.24) is 10.1 Å². The van der Waals surface area contributed by atoms with E-state index in [1.165, 1.54) is 11.8 Å². The minimum atomic E-state index is -0.633. The third-order valence-electron chi connectivity index (χ3n) is 5.38. The molecule has 1 amide bonds. The van der Waals surface area contributed by atoms with Crippen molar-refractivity contribution in [2.75, 3.05) is 17.9 Å². The number of rotatable bonds is 4. The van der Waals surface area contributed by atoms with E-state index < -0.39 is 6.17 Å². The molecule has 0 saturated carbocycles. The lowest BCUT2D eigenvalue weighted by molar-refractivity contribution is -0.763. The van der Waals surface area contributed by atoms with Crippen LogP contribution in [0.5, 0.6) is 11.5 Å². The Balaban J connectivity index is 1.81. The van der Waals surface area contributed by atoms with Gasteiger partial charge in [-0.1, -0.05) is 30.8 Å². The summed E-state index contributed by atoms with van der Waals surface area (Å²) in [7, 11) is 0. The number of thioether (sulfide) groups is 1. The Labute approximate surface area is 182 Å². The molecule has 5 rings (SSSR count). The van der Waals surface area contributed by atoms with Crippen molar-refractivity contribution in [1.29, 1.82) is 0 Å². The first-order valence-electron chi connectivity index (χ1n) is 10.0. The average Bonchev–Trinajstić information content (AvgIpc) is 3.25. The summed E-state index contributed by atoms with van der Waals surface area (Å²) in [5, 5.41) is 5.17. The summed E-state index contributed by atoms with van der Waals surface area (Å²) < 4.78 is 12.7. The van der Waals surface area contributed by atoms with Crippen LogP contribution < -0.4 is 24.6 Å². The lowest BCUT2D eigenvalue weighted by atomic mass is 10.0. The topological polar surface area (TPSA) is 88.4 Å². The average molecular weight is 438 g/mol. The van der Waals surface area contributed by atoms with Crippen LogP contribution in [0.25, 0.3) is 11.3 Å². The molecule has 2 aromatic carbocycles. The maximum Gasteiger partial charge on any atom is 0.325 e. The number of ether oxygens (including phenoxy) is 2. The first-order chi connectivity index (χ1) is 15.1. The molecule has 3 aromatic rings. The number of aromatic nitrogens is 3. The van der Waals surface area contributed by atoms with Crippen LogP contribution >= 0.6 is 11.8 Å². The number of aromatic amines is 1. The zero-order valence-electron chi connectivity index (χ0n) is 17.1. The van der Waals surface area contributed by atoms with E-state index in [1.807, 2.05) is 55.6 Å². The number of fused-ring (bicyclic) bond motifs is 4. The van der Waals surface area contributed by atoms with Crippen molar-refractivity contribution in [2.24, 2.45) is 0 Å². The number of nitrogens with zero attached hydrogens (tertiary/aromatic N) is 3. The molecular formula is C22H21N4O4S+. The van der Waals surface area contributed by atoms with Gasteiger partial charge in [0, 0.05) is 17.1 Å². The SMILES string of the molecule is CCCC(=O)N1c2ccccc2-c2c(=O)[nH]c(SC)n[n+]2C1c1ccc2c(c1)OCO2. The molecule has 0 fully saturated rings. The van der Waals surface area contributed by atoms with Gasteiger partial charge in [0.25, 0.3) is 6.17 Å². The van der Waals surface area contributed by atoms with E-state index in [0.717, 1.165) is 5.56 Å². The number of para-hydroxylation sites is 1. The Morgan fingerprint density at radius 1 is 1.26 bits per heavy atom. The molecule has 3 heterocycles. The summed E-state index contributed by atoms with van der Waals surface area (Å²) in [6, 6.07) is 13.0. The number of amides is 1. The molecule has 1 unspecified atom stereocenters. The van der Waals surface area contributed by atoms with Crippen LogP contribution in [-0.4, -0.2) is 29.0 Å². The van der Waals surface area contributed by atoms with Gasteiger partial charge in [-0.2, -0.15) is 0 Å². The van der Waals surface area contributed by atoms with Gasteiger partial charge < -0.3 is 9.47 Å². The highest BCUT2D eigenvalue weighted by Crippen LogP contribution is 2.40. The maximum atomic E-state index is 13.4. The molecule has 0 aliphatic carbocycles. The zero-order valence-corrected chi connectivity index (χ0v) is 17.9. The fourth-order valence-electron chi connectivity index (χ4n) is 4.04. The maximum absolute atomic E-state index is 13.4. The van der Waals surface area contributed by atoms with Crippen LogP contribution in [0, 0.1) is 0 Å². The summed E-state index contributed by atoms with van der Waals surface area (Å²) in [6.45, 7) is 2.13. The van der Waals surface area contributed by atoms with E-state index in [0.29, 0.717) is 46.4 Å². The lowest BCUT2D eigenvalue weighted by Gasteiger charge is -2.32. The van der Waals surface area contributed by atoms with E-state index in [2.05, 4.69) is 4.98 Å². The molecule has 2 aliphatic heterocycles. The number of H-pyrrole nitrogens is 1. The highest BCUT2D eigenvalue weighted by Gasteiger charge is 2.45. The predicted molar refractivity (Wildman–Crippen MR) is 115 cm³/mol. The van der Waals surface area contributed by atoms with Crippen LogP contribution in [0.2, 0.25) is 0 Å². The van der Waals surface area contributed by atoms with Crippen molar-refractivity contribution in [3.8, 4) is 22.8 Å². The molecule has 158 valence electrons. The van der Waals surface area contributed by atoms with Gasteiger partial charge in [-0.25, -0.2) is 4.90 Å². The Morgan fingerprint density at radius 3 is 2.87 bits per heavy atom. The fourth-order valence-corrected chi connectivity index (χ4v) is 4.41. The number of hydrogen-bond acceptors (Lipinski definition) is 6. The normalized spacial score (nSPS) is 16.1. The Morgan fingerprint density at radius 2 is 2.06 bits per heavy atom. The lowest BCUT2D eigenvalue weighted by Crippen LogP contribution is -2.60. The second kappa shape index (κ2) is 7.73. The Hall–Kier alpha value is -3.33. The zero-order chi connectivity index (χ0) is 21.5. The van der Waals surface area contributed by atoms with Gasteiger partial charge in [0.15, 0.2) is 11.5 Å². The van der Waals surface area contributed by atoms with Crippen molar-refractivity contribution < 1.29 is 19.0 Å². The molecule has 1 atom stereocenters. The standard InChI is InChI=1S/C22H20N4O4S/c1-3-6-18(27)25-15-8-5-4-7-14(15)19-20(28)23-22(31-2)24-26(19)21(25)13-9-10-16-17(11-13)30-12-29-16/h4-5,7-11,21H,3,6,12H2,1-2H3/p+1. The smallest absolute Gasteiger partial charge is 0.325 e. The van der Waals surface area contributed by atoms with E-state index in [9.17, 15) is 9.59 Å². The summed E-state index contributed by atoms with van der Waals surface area (Å²) in [6.07, 6.45) is 2.30. The van der Waals surface area contributed by atoms with Crippen molar-refractivity contribution >= 4 is 23.4 Å². The highest BCUT2D eigenvalue weighted by molar-refractivity contribution is 7.98. The summed E-state index contributed by atoms with van der Waals surface area (Å²) in [5.74, 6) is 1.22. The molecule has 1 N–H and O–H groups in total. The molecule has 0 radical (unpaired) electrons.